The molecule has 0 atom stereocenters. The fourth-order valence-electron chi connectivity index (χ4n) is 3.13. The molecule has 0 radical (unpaired) electrons. The summed E-state index contributed by atoms with van der Waals surface area (Å²) in [6.45, 7) is 1.82. The van der Waals surface area contributed by atoms with Crippen molar-refractivity contribution in [3.8, 4) is 0 Å². The number of nitrogens with zero attached hydrogens (tertiary/aromatic N) is 2. The van der Waals surface area contributed by atoms with Gasteiger partial charge in [0.25, 0.3) is 21.8 Å². The molecule has 2 aliphatic heterocycles. The zero-order valence-electron chi connectivity index (χ0n) is 13.8. The molecule has 2 amide bonds. The van der Waals surface area contributed by atoms with Crippen LogP contribution in [0.2, 0.25) is 0 Å². The smallest absolute Gasteiger partial charge is 0.273 e. The van der Waals surface area contributed by atoms with E-state index in [0.717, 1.165) is 4.31 Å². The molecule has 134 valence electrons. The molecule has 1 saturated heterocycles. The van der Waals surface area contributed by atoms with Crippen molar-refractivity contribution in [1.29, 1.82) is 0 Å². The third-order valence-corrected chi connectivity index (χ3v) is 6.20. The van der Waals surface area contributed by atoms with Crippen molar-refractivity contribution in [2.45, 2.75) is 4.90 Å². The Morgan fingerprint density at radius 1 is 1.00 bits per heavy atom. The molecule has 0 N–H and O–H groups in total. The van der Waals surface area contributed by atoms with Crippen LogP contribution in [0, 0.1) is 0 Å². The molecule has 0 aliphatic carbocycles. The van der Waals surface area contributed by atoms with Gasteiger partial charge in [-0.2, -0.15) is 4.31 Å². The van der Waals surface area contributed by atoms with Gasteiger partial charge >= 0.3 is 0 Å². The number of hydrogen-bond donors (Lipinski definition) is 0. The summed E-state index contributed by atoms with van der Waals surface area (Å²) in [5, 5.41) is 0. The first kappa shape index (κ1) is 16.7. The number of anilines is 1. The highest BCUT2D eigenvalue weighted by Gasteiger charge is 2.42. The van der Waals surface area contributed by atoms with E-state index in [1.165, 1.54) is 18.2 Å². The second kappa shape index (κ2) is 6.22. The summed E-state index contributed by atoms with van der Waals surface area (Å²) in [6, 6.07) is 12.4. The van der Waals surface area contributed by atoms with Crippen molar-refractivity contribution in [1.82, 2.24) is 4.90 Å². The van der Waals surface area contributed by atoms with Crippen LogP contribution in [0.5, 0.6) is 0 Å². The number of amides is 2. The molecule has 2 aromatic carbocycles. The fraction of sp³-hybridized carbons (Fsp3) is 0.222. The molecule has 2 aliphatic rings. The maximum atomic E-state index is 12.9. The van der Waals surface area contributed by atoms with E-state index < -0.39 is 15.9 Å². The molecule has 0 saturated carbocycles. The summed E-state index contributed by atoms with van der Waals surface area (Å²) in [5.74, 6) is -0.881. The third kappa shape index (κ3) is 2.58. The molecule has 7 nitrogen and oxygen atoms in total. The molecule has 0 aromatic heterocycles. The van der Waals surface area contributed by atoms with Crippen LogP contribution in [0.1, 0.15) is 20.7 Å². The van der Waals surface area contributed by atoms with Crippen LogP contribution in [-0.2, 0) is 14.8 Å². The van der Waals surface area contributed by atoms with Gasteiger partial charge in [-0.25, -0.2) is 8.42 Å². The predicted octanol–water partition coefficient (Wildman–Crippen LogP) is 1.51. The van der Waals surface area contributed by atoms with Crippen molar-refractivity contribution in [2.24, 2.45) is 0 Å². The summed E-state index contributed by atoms with van der Waals surface area (Å²) < 4.78 is 31.8. The van der Waals surface area contributed by atoms with E-state index in [4.69, 9.17) is 4.74 Å². The van der Waals surface area contributed by atoms with Crippen LogP contribution in [0.4, 0.5) is 5.69 Å². The molecular weight excluding hydrogens is 356 g/mol. The van der Waals surface area contributed by atoms with Crippen LogP contribution < -0.4 is 4.31 Å². The molecule has 1 fully saturated rings. The third-order valence-electron chi connectivity index (χ3n) is 4.45. The minimum atomic E-state index is -4.05. The summed E-state index contributed by atoms with van der Waals surface area (Å²) in [5.41, 5.74) is 0.596. The monoisotopic (exact) mass is 372 g/mol. The van der Waals surface area contributed by atoms with E-state index in [-0.39, 0.29) is 27.6 Å². The van der Waals surface area contributed by atoms with E-state index in [0.29, 0.717) is 26.3 Å². The number of fused-ring (bicyclic) bond motifs is 1. The maximum Gasteiger partial charge on any atom is 0.273 e. The number of hydrogen-bond acceptors (Lipinski definition) is 5. The van der Waals surface area contributed by atoms with Crippen molar-refractivity contribution >= 4 is 27.5 Å². The maximum absolute atomic E-state index is 12.9. The molecule has 0 unspecified atom stereocenters. The van der Waals surface area contributed by atoms with Gasteiger partial charge in [0, 0.05) is 18.7 Å². The first-order valence-electron chi connectivity index (χ1n) is 8.16. The molecular formula is C18H16N2O5S. The van der Waals surface area contributed by atoms with Crippen LogP contribution in [0.3, 0.4) is 0 Å². The molecule has 4 rings (SSSR count). The predicted molar refractivity (Wildman–Crippen MR) is 93.6 cm³/mol. The Labute approximate surface area is 150 Å². The summed E-state index contributed by atoms with van der Waals surface area (Å²) in [4.78, 5) is 26.7. The van der Waals surface area contributed by atoms with Gasteiger partial charge in [0.05, 0.1) is 24.5 Å². The Hall–Kier alpha value is -2.71. The highest BCUT2D eigenvalue weighted by Crippen LogP contribution is 2.35. The average Bonchev–Trinajstić information content (AvgIpc) is 2.88. The summed E-state index contributed by atoms with van der Waals surface area (Å²) >= 11 is 0. The quantitative estimate of drug-likeness (QED) is 0.798. The van der Waals surface area contributed by atoms with Crippen molar-refractivity contribution in [3.05, 3.63) is 59.7 Å². The minimum Gasteiger partial charge on any atom is -0.378 e. The standard InChI is InChI=1S/C18H16N2O5S/c21-17(19-8-10-25-11-9-19)13-6-7-15-16(12-13)26(23,24)20(18(15)22)14-4-2-1-3-5-14/h1-7,12H,8-11H2. The Bertz CT molecular complexity index is 982. The summed E-state index contributed by atoms with van der Waals surface area (Å²) in [7, 11) is -4.05. The Morgan fingerprint density at radius 2 is 1.69 bits per heavy atom. The first-order chi connectivity index (χ1) is 12.5. The molecule has 0 spiro atoms. The van der Waals surface area contributed by atoms with Crippen LogP contribution in [-0.4, -0.2) is 51.4 Å². The zero-order valence-corrected chi connectivity index (χ0v) is 14.6. The number of benzene rings is 2. The van der Waals surface area contributed by atoms with Gasteiger partial charge in [-0.1, -0.05) is 18.2 Å². The summed E-state index contributed by atoms with van der Waals surface area (Å²) in [6.07, 6.45) is 0. The zero-order chi connectivity index (χ0) is 18.3. The second-order valence-electron chi connectivity index (χ2n) is 6.03. The normalized spacial score (nSPS) is 18.7. The number of rotatable bonds is 2. The van der Waals surface area contributed by atoms with E-state index in [1.807, 2.05) is 0 Å². The molecule has 2 heterocycles. The van der Waals surface area contributed by atoms with Crippen LogP contribution in [0.25, 0.3) is 0 Å². The molecule has 0 bridgehead atoms. The lowest BCUT2D eigenvalue weighted by Crippen LogP contribution is -2.40. The molecule has 2 aromatic rings. The lowest BCUT2D eigenvalue weighted by molar-refractivity contribution is 0.0302. The average molecular weight is 372 g/mol. The van der Waals surface area contributed by atoms with Crippen LogP contribution in [0.15, 0.2) is 53.4 Å². The Kier molecular flexibility index (Phi) is 4.01. The van der Waals surface area contributed by atoms with Gasteiger partial charge in [0.1, 0.15) is 4.90 Å². The highest BCUT2D eigenvalue weighted by molar-refractivity contribution is 7.94. The van der Waals surface area contributed by atoms with Crippen molar-refractivity contribution in [2.75, 3.05) is 30.6 Å². The van der Waals surface area contributed by atoms with Gasteiger partial charge in [-0.3, -0.25) is 9.59 Å². The number of ether oxygens (including phenoxy) is 1. The Balaban J connectivity index is 1.74. The molecule has 8 heteroatoms. The van der Waals surface area contributed by atoms with Gasteiger partial charge < -0.3 is 9.64 Å². The lowest BCUT2D eigenvalue weighted by atomic mass is 10.1. The number of morpholine rings is 1. The van der Waals surface area contributed by atoms with Gasteiger partial charge in [0.15, 0.2) is 0 Å². The van der Waals surface area contributed by atoms with Crippen molar-refractivity contribution in [3.63, 3.8) is 0 Å². The highest BCUT2D eigenvalue weighted by atomic mass is 32.2. The Morgan fingerprint density at radius 3 is 2.38 bits per heavy atom. The van der Waals surface area contributed by atoms with Gasteiger partial charge in [-0.05, 0) is 30.3 Å². The number of sulfonamides is 1. The fourth-order valence-corrected chi connectivity index (χ4v) is 4.75. The number of carbonyl (C=O) groups excluding carboxylic acids is 2. The van der Waals surface area contributed by atoms with E-state index >= 15 is 0 Å². The van der Waals surface area contributed by atoms with E-state index in [9.17, 15) is 18.0 Å². The van der Waals surface area contributed by atoms with Crippen molar-refractivity contribution < 1.29 is 22.7 Å². The van der Waals surface area contributed by atoms with E-state index in [1.54, 1.807) is 35.2 Å². The topological polar surface area (TPSA) is 84.0 Å². The number of carbonyl (C=O) groups is 2. The van der Waals surface area contributed by atoms with Gasteiger partial charge in [0.2, 0.25) is 0 Å². The second-order valence-corrected chi connectivity index (χ2v) is 7.78. The largest absolute Gasteiger partial charge is 0.378 e. The van der Waals surface area contributed by atoms with E-state index in [2.05, 4.69) is 0 Å². The number of para-hydroxylation sites is 1. The SMILES string of the molecule is O=C(c1ccc2c(c1)S(=O)(=O)N(c1ccccc1)C2=O)N1CCOCC1. The lowest BCUT2D eigenvalue weighted by Gasteiger charge is -2.26. The molecule has 26 heavy (non-hydrogen) atoms. The van der Waals surface area contributed by atoms with Gasteiger partial charge in [-0.15, -0.1) is 0 Å². The minimum absolute atomic E-state index is 0.0763. The first-order valence-corrected chi connectivity index (χ1v) is 9.60. The van der Waals surface area contributed by atoms with Crippen LogP contribution >= 0.6 is 0 Å².